The lowest BCUT2D eigenvalue weighted by Gasteiger charge is -2.29. The number of nitrogens with one attached hydrogen (secondary N) is 2. The average Bonchev–Trinajstić information content (AvgIpc) is 3.62. The molecule has 12 nitrogen and oxygen atoms in total. The summed E-state index contributed by atoms with van der Waals surface area (Å²) in [6.07, 6.45) is 6.87. The number of likely N-dealkylation sites (tertiary alicyclic amines) is 1. The van der Waals surface area contributed by atoms with Crippen LogP contribution in [0, 0.1) is 0 Å². The van der Waals surface area contributed by atoms with Crippen LogP contribution >= 0.6 is 7.60 Å². The molecule has 0 saturated carbocycles. The van der Waals surface area contributed by atoms with Gasteiger partial charge in [-0.3, -0.25) is 9.36 Å². The number of methoxy groups -OCH3 is 1. The lowest BCUT2D eigenvalue weighted by atomic mass is 10.1. The number of hydrogen-bond donors (Lipinski definition) is 2. The summed E-state index contributed by atoms with van der Waals surface area (Å²) in [5, 5.41) is 7.33. The molecule has 1 unspecified atom stereocenters. The van der Waals surface area contributed by atoms with Crippen LogP contribution in [0.5, 0.6) is 5.75 Å². The Balaban J connectivity index is 1.60. The van der Waals surface area contributed by atoms with Crippen molar-refractivity contribution in [3.63, 3.8) is 0 Å². The van der Waals surface area contributed by atoms with Crippen LogP contribution in [-0.2, 0) is 25.5 Å². The van der Waals surface area contributed by atoms with Crippen LogP contribution < -0.4 is 25.6 Å². The second kappa shape index (κ2) is 13.4. The Labute approximate surface area is 263 Å². The second-order valence-electron chi connectivity index (χ2n) is 11.0. The van der Waals surface area contributed by atoms with Gasteiger partial charge in [-0.2, -0.15) is 0 Å². The smallest absolute Gasteiger partial charge is 0.364 e. The van der Waals surface area contributed by atoms with Crippen molar-refractivity contribution in [1.82, 2.24) is 19.4 Å². The van der Waals surface area contributed by atoms with E-state index in [0.717, 1.165) is 48.1 Å². The van der Waals surface area contributed by atoms with Gasteiger partial charge < -0.3 is 38.8 Å². The van der Waals surface area contributed by atoms with Crippen LogP contribution in [0.2, 0.25) is 0 Å². The molecule has 2 N–H and O–H groups in total. The van der Waals surface area contributed by atoms with Gasteiger partial charge in [-0.15, -0.1) is 0 Å². The molecule has 4 aromatic rings. The van der Waals surface area contributed by atoms with E-state index >= 15 is 0 Å². The number of carbonyl (C=O) groups excluding carboxylic acids is 1. The van der Waals surface area contributed by atoms with Gasteiger partial charge >= 0.3 is 7.60 Å². The predicted octanol–water partition coefficient (Wildman–Crippen LogP) is 5.15. The van der Waals surface area contributed by atoms with Crippen LogP contribution in [0.4, 0.5) is 23.0 Å². The number of nitrogens with zero attached hydrogens (tertiary/aromatic N) is 5. The Morgan fingerprint density at radius 1 is 1.18 bits per heavy atom. The molecule has 1 saturated heterocycles. The Hall–Kier alpha value is -4.22. The third-order valence-corrected chi connectivity index (χ3v) is 10.2. The third kappa shape index (κ3) is 6.46. The van der Waals surface area contributed by atoms with Crippen molar-refractivity contribution in [1.29, 1.82) is 0 Å². The molecular formula is C32H40N7O5P. The maximum absolute atomic E-state index is 13.7. The van der Waals surface area contributed by atoms with Crippen LogP contribution in [0.3, 0.4) is 0 Å². The largest absolute Gasteiger partial charge is 0.494 e. The molecule has 1 fully saturated rings. The first-order valence-corrected chi connectivity index (χ1v) is 16.1. The lowest BCUT2D eigenvalue weighted by Crippen LogP contribution is -2.37. The highest BCUT2D eigenvalue weighted by Gasteiger charge is 2.32. The molecule has 0 aliphatic carbocycles. The van der Waals surface area contributed by atoms with E-state index in [4.69, 9.17) is 18.8 Å². The van der Waals surface area contributed by atoms with E-state index in [1.165, 1.54) is 26.5 Å². The van der Waals surface area contributed by atoms with Crippen molar-refractivity contribution in [2.24, 2.45) is 7.05 Å². The number of aromatic nitrogens is 3. The zero-order chi connectivity index (χ0) is 32.3. The average molecular weight is 634 g/mol. The van der Waals surface area contributed by atoms with Gasteiger partial charge in [0.15, 0.2) is 0 Å². The van der Waals surface area contributed by atoms with E-state index in [1.807, 2.05) is 55.2 Å². The standard InChI is InChI=1S/C32H40N7O5P/c1-8-30(40)34-24-16-25(28(42-5)17-27(24)38(3)19-21-12-11-15-37(21)2)35-32-33-18-29(45(41,43-6)44-7)31(36-32)23-20-39(4)26-14-10-9-13-22(23)26/h8-10,13-14,16-18,20-21H,1,11-12,15,19H2,2-7H3,(H,34,40)(H,33,35,36). The molecule has 1 atom stereocenters. The molecule has 0 radical (unpaired) electrons. The number of para-hydroxylation sites is 1. The topological polar surface area (TPSA) is 123 Å². The minimum atomic E-state index is -3.74. The second-order valence-corrected chi connectivity index (χ2v) is 13.2. The first-order valence-electron chi connectivity index (χ1n) is 14.6. The van der Waals surface area contributed by atoms with Gasteiger partial charge in [0.05, 0.1) is 29.9 Å². The fourth-order valence-electron chi connectivity index (χ4n) is 5.82. The summed E-state index contributed by atoms with van der Waals surface area (Å²) in [6.45, 7) is 5.46. The summed E-state index contributed by atoms with van der Waals surface area (Å²) in [5.74, 6) is 0.396. The van der Waals surface area contributed by atoms with Crippen molar-refractivity contribution >= 4 is 52.7 Å². The van der Waals surface area contributed by atoms with E-state index in [1.54, 1.807) is 13.2 Å². The molecule has 45 heavy (non-hydrogen) atoms. The minimum absolute atomic E-state index is 0.216. The maximum atomic E-state index is 13.7. The van der Waals surface area contributed by atoms with Crippen molar-refractivity contribution in [3.05, 3.63) is 61.4 Å². The monoisotopic (exact) mass is 633 g/mol. The Morgan fingerprint density at radius 2 is 1.93 bits per heavy atom. The molecule has 5 rings (SSSR count). The number of carbonyl (C=O) groups is 1. The number of aryl methyl sites for hydroxylation is 1. The lowest BCUT2D eigenvalue weighted by molar-refractivity contribution is -0.111. The van der Waals surface area contributed by atoms with Crippen molar-refractivity contribution < 1.29 is 23.1 Å². The van der Waals surface area contributed by atoms with Gasteiger partial charge in [0, 0.05) is 75.8 Å². The Morgan fingerprint density at radius 3 is 2.60 bits per heavy atom. The van der Waals surface area contributed by atoms with Gasteiger partial charge in [-0.25, -0.2) is 9.97 Å². The summed E-state index contributed by atoms with van der Waals surface area (Å²) in [5.41, 5.74) is 3.99. The van der Waals surface area contributed by atoms with Gasteiger partial charge in [0.2, 0.25) is 11.9 Å². The SMILES string of the molecule is C=CC(=O)Nc1cc(Nc2ncc(P(=O)(OC)OC)c(-c3cn(C)c4ccccc34)n2)c(OC)cc1N(C)CC1CCCN1C. The molecular weight excluding hydrogens is 593 g/mol. The first-order chi connectivity index (χ1) is 21.6. The van der Waals surface area contributed by atoms with E-state index in [0.29, 0.717) is 28.9 Å². The third-order valence-electron chi connectivity index (χ3n) is 8.27. The highest BCUT2D eigenvalue weighted by atomic mass is 31.2. The molecule has 13 heteroatoms. The number of benzene rings is 2. The fourth-order valence-corrected chi connectivity index (χ4v) is 6.99. The van der Waals surface area contributed by atoms with Crippen molar-refractivity contribution in [3.8, 4) is 17.0 Å². The summed E-state index contributed by atoms with van der Waals surface area (Å²) < 4.78 is 32.1. The maximum Gasteiger partial charge on any atom is 0.364 e. The van der Waals surface area contributed by atoms with E-state index in [-0.39, 0.29) is 17.2 Å². The van der Waals surface area contributed by atoms with Crippen LogP contribution in [-0.4, -0.2) is 79.9 Å². The van der Waals surface area contributed by atoms with Gasteiger partial charge in [-0.05, 0) is 44.6 Å². The van der Waals surface area contributed by atoms with E-state index in [9.17, 15) is 9.36 Å². The molecule has 1 amide bonds. The number of hydrogen-bond acceptors (Lipinski definition) is 10. The number of anilines is 4. The number of fused-ring (bicyclic) bond motifs is 1. The Bertz CT molecular complexity index is 1770. The minimum Gasteiger partial charge on any atom is -0.494 e. The number of amides is 1. The summed E-state index contributed by atoms with van der Waals surface area (Å²) in [6, 6.07) is 11.9. The molecule has 1 aliphatic rings. The van der Waals surface area contributed by atoms with Gasteiger partial charge in [-0.1, -0.05) is 24.8 Å². The number of likely N-dealkylation sites (N-methyl/N-ethyl adjacent to an activating group) is 2. The molecule has 0 spiro atoms. The zero-order valence-electron chi connectivity index (χ0n) is 26.5. The Kier molecular flexibility index (Phi) is 9.59. The van der Waals surface area contributed by atoms with Crippen LogP contribution in [0.25, 0.3) is 22.2 Å². The van der Waals surface area contributed by atoms with Crippen molar-refractivity contribution in [2.75, 3.05) is 64.0 Å². The van der Waals surface area contributed by atoms with Crippen LogP contribution in [0.15, 0.2) is 61.4 Å². The van der Waals surface area contributed by atoms with Crippen LogP contribution in [0.1, 0.15) is 12.8 Å². The molecule has 2 aromatic heterocycles. The fraction of sp³-hybridized carbons (Fsp3) is 0.344. The number of ether oxygens (including phenoxy) is 1. The predicted molar refractivity (Wildman–Crippen MR) is 179 cm³/mol. The van der Waals surface area contributed by atoms with Gasteiger partial charge in [0.25, 0.3) is 0 Å². The van der Waals surface area contributed by atoms with E-state index < -0.39 is 7.60 Å². The number of rotatable bonds is 12. The highest BCUT2D eigenvalue weighted by molar-refractivity contribution is 7.62. The molecule has 0 bridgehead atoms. The van der Waals surface area contributed by atoms with Crippen molar-refractivity contribution in [2.45, 2.75) is 18.9 Å². The quantitative estimate of drug-likeness (QED) is 0.160. The summed E-state index contributed by atoms with van der Waals surface area (Å²) in [7, 11) is 6.57. The normalized spacial score (nSPS) is 15.3. The van der Waals surface area contributed by atoms with E-state index in [2.05, 4.69) is 39.0 Å². The first kappa shape index (κ1) is 32.2. The highest BCUT2D eigenvalue weighted by Crippen LogP contribution is 2.48. The molecule has 238 valence electrons. The zero-order valence-corrected chi connectivity index (χ0v) is 27.4. The summed E-state index contributed by atoms with van der Waals surface area (Å²) in [4.78, 5) is 26.3. The molecule has 2 aromatic carbocycles. The summed E-state index contributed by atoms with van der Waals surface area (Å²) >= 11 is 0. The van der Waals surface area contributed by atoms with Gasteiger partial charge in [0.1, 0.15) is 11.1 Å². The molecule has 1 aliphatic heterocycles. The molecule has 3 heterocycles.